The summed E-state index contributed by atoms with van der Waals surface area (Å²) in [6, 6.07) is 2.69. The highest BCUT2D eigenvalue weighted by Crippen LogP contribution is 2.31. The van der Waals surface area contributed by atoms with Crippen LogP contribution in [-0.4, -0.2) is 35.8 Å². The van der Waals surface area contributed by atoms with Gasteiger partial charge in [0.15, 0.2) is 11.6 Å². The molecule has 0 saturated carbocycles. The number of rotatable bonds is 4. The van der Waals surface area contributed by atoms with Gasteiger partial charge in [-0.2, -0.15) is 13.2 Å². The topological polar surface area (TPSA) is 75.6 Å². The van der Waals surface area contributed by atoms with Gasteiger partial charge in [-0.3, -0.25) is 4.79 Å². The molecule has 0 saturated heterocycles. The fourth-order valence-electron chi connectivity index (χ4n) is 1.35. The highest BCUT2D eigenvalue weighted by Gasteiger charge is 2.58. The van der Waals surface area contributed by atoms with Crippen LogP contribution in [0, 0.1) is 5.82 Å². The smallest absolute Gasteiger partial charge is 0.422 e. The fraction of sp³-hybridized carbons (Fsp3) is 0.333. The third-order valence-electron chi connectivity index (χ3n) is 2.77. The first-order chi connectivity index (χ1) is 9.52. The molecule has 21 heavy (non-hydrogen) atoms. The van der Waals surface area contributed by atoms with Crippen LogP contribution in [0.5, 0.6) is 5.75 Å². The van der Waals surface area contributed by atoms with Crippen LogP contribution in [0.4, 0.5) is 17.6 Å². The molecule has 0 aliphatic rings. The third kappa shape index (κ3) is 3.23. The van der Waals surface area contributed by atoms with E-state index in [2.05, 4.69) is 4.74 Å². The molecule has 1 aromatic carbocycles. The van der Waals surface area contributed by atoms with Gasteiger partial charge >= 0.3 is 12.1 Å². The lowest BCUT2D eigenvalue weighted by Crippen LogP contribution is -2.61. The first-order valence-electron chi connectivity index (χ1n) is 5.49. The van der Waals surface area contributed by atoms with E-state index in [4.69, 9.17) is 5.11 Å². The van der Waals surface area contributed by atoms with Crippen molar-refractivity contribution in [2.75, 3.05) is 7.11 Å². The molecule has 1 amide bonds. The van der Waals surface area contributed by atoms with Crippen molar-refractivity contribution in [1.82, 2.24) is 5.32 Å². The summed E-state index contributed by atoms with van der Waals surface area (Å²) in [5.74, 6) is -4.83. The number of hydrogen-bond donors (Lipinski definition) is 2. The minimum absolute atomic E-state index is 0.205. The molecule has 0 aliphatic heterocycles. The molecule has 0 fully saturated rings. The quantitative estimate of drug-likeness (QED) is 0.834. The molecule has 0 heterocycles. The predicted molar refractivity (Wildman–Crippen MR) is 62.5 cm³/mol. The lowest BCUT2D eigenvalue weighted by atomic mass is 10.0. The Bertz CT molecular complexity index is 573. The second-order valence-electron chi connectivity index (χ2n) is 4.23. The second-order valence-corrected chi connectivity index (χ2v) is 4.23. The summed E-state index contributed by atoms with van der Waals surface area (Å²) >= 11 is 0. The number of carbonyl (C=O) groups is 2. The lowest BCUT2D eigenvalue weighted by molar-refractivity contribution is -0.203. The van der Waals surface area contributed by atoms with E-state index in [9.17, 15) is 27.2 Å². The van der Waals surface area contributed by atoms with Gasteiger partial charge in [-0.15, -0.1) is 0 Å². The third-order valence-corrected chi connectivity index (χ3v) is 2.77. The number of amides is 1. The van der Waals surface area contributed by atoms with E-state index < -0.39 is 35.0 Å². The maximum Gasteiger partial charge on any atom is 0.422 e. The predicted octanol–water partition coefficient (Wildman–Crippen LogP) is 1.97. The average molecular weight is 309 g/mol. The number of carbonyl (C=O) groups excluding carboxylic acids is 1. The standard InChI is InChI=1S/C12H11F4NO4/c1-11(10(19)20,12(14,15)16)17-9(18)6-3-4-8(21-2)7(13)5-6/h3-5H,1-2H3,(H,17,18)(H,19,20). The monoisotopic (exact) mass is 309 g/mol. The van der Waals surface area contributed by atoms with Gasteiger partial charge in [0.25, 0.3) is 5.91 Å². The number of ether oxygens (including phenoxy) is 1. The van der Waals surface area contributed by atoms with Crippen molar-refractivity contribution in [1.29, 1.82) is 0 Å². The van der Waals surface area contributed by atoms with Crippen molar-refractivity contribution >= 4 is 11.9 Å². The van der Waals surface area contributed by atoms with Crippen LogP contribution in [0.15, 0.2) is 18.2 Å². The van der Waals surface area contributed by atoms with Crippen LogP contribution in [0.2, 0.25) is 0 Å². The zero-order chi connectivity index (χ0) is 16.4. The number of benzene rings is 1. The summed E-state index contributed by atoms with van der Waals surface area (Å²) < 4.78 is 56.2. The molecule has 5 nitrogen and oxygen atoms in total. The van der Waals surface area contributed by atoms with E-state index in [-0.39, 0.29) is 5.75 Å². The van der Waals surface area contributed by atoms with Crippen molar-refractivity contribution in [3.8, 4) is 5.75 Å². The molecule has 0 aliphatic carbocycles. The number of halogens is 4. The Hall–Kier alpha value is -2.32. The van der Waals surface area contributed by atoms with Crippen LogP contribution >= 0.6 is 0 Å². The van der Waals surface area contributed by atoms with E-state index in [1.165, 1.54) is 12.4 Å². The molecule has 1 rings (SSSR count). The van der Waals surface area contributed by atoms with Gasteiger partial charge in [0.1, 0.15) is 0 Å². The van der Waals surface area contributed by atoms with E-state index in [0.29, 0.717) is 13.0 Å². The second kappa shape index (κ2) is 5.58. The van der Waals surface area contributed by atoms with Gasteiger partial charge in [-0.25, -0.2) is 9.18 Å². The summed E-state index contributed by atoms with van der Waals surface area (Å²) in [5, 5.41) is 10.0. The Labute approximate surface area is 116 Å². The zero-order valence-corrected chi connectivity index (χ0v) is 10.9. The SMILES string of the molecule is COc1ccc(C(=O)NC(C)(C(=O)O)C(F)(F)F)cc1F. The van der Waals surface area contributed by atoms with Gasteiger partial charge in [-0.05, 0) is 25.1 Å². The van der Waals surface area contributed by atoms with Crippen LogP contribution in [0.1, 0.15) is 17.3 Å². The van der Waals surface area contributed by atoms with E-state index in [0.717, 1.165) is 12.1 Å². The maximum atomic E-state index is 13.4. The van der Waals surface area contributed by atoms with E-state index in [1.807, 2.05) is 0 Å². The average Bonchev–Trinajstić information content (AvgIpc) is 2.36. The molecule has 116 valence electrons. The number of aliphatic carboxylic acids is 1. The number of methoxy groups -OCH3 is 1. The van der Waals surface area contributed by atoms with Crippen molar-refractivity contribution < 1.29 is 37.0 Å². The van der Waals surface area contributed by atoms with Crippen LogP contribution in [-0.2, 0) is 4.79 Å². The van der Waals surface area contributed by atoms with Crippen molar-refractivity contribution in [2.45, 2.75) is 18.6 Å². The number of alkyl halides is 3. The largest absolute Gasteiger partial charge is 0.494 e. The molecule has 0 spiro atoms. The number of carboxylic acid groups (broad SMARTS) is 1. The van der Waals surface area contributed by atoms with Crippen LogP contribution in [0.3, 0.4) is 0 Å². The Kier molecular flexibility index (Phi) is 4.45. The van der Waals surface area contributed by atoms with Crippen molar-refractivity contribution in [3.05, 3.63) is 29.6 Å². The summed E-state index contributed by atoms with van der Waals surface area (Å²) in [6.45, 7) is 0.299. The highest BCUT2D eigenvalue weighted by molar-refractivity contribution is 5.98. The lowest BCUT2D eigenvalue weighted by Gasteiger charge is -2.28. The van der Waals surface area contributed by atoms with Gasteiger partial charge in [-0.1, -0.05) is 0 Å². The molecule has 9 heteroatoms. The highest BCUT2D eigenvalue weighted by atomic mass is 19.4. The van der Waals surface area contributed by atoms with Gasteiger partial charge in [0, 0.05) is 5.56 Å². The summed E-state index contributed by atoms with van der Waals surface area (Å²) in [7, 11) is 1.17. The minimum Gasteiger partial charge on any atom is -0.494 e. The van der Waals surface area contributed by atoms with Gasteiger partial charge < -0.3 is 15.2 Å². The first-order valence-corrected chi connectivity index (χ1v) is 5.49. The molecule has 1 unspecified atom stereocenters. The number of hydrogen-bond acceptors (Lipinski definition) is 3. The zero-order valence-electron chi connectivity index (χ0n) is 10.9. The number of carboxylic acids is 1. The van der Waals surface area contributed by atoms with Gasteiger partial charge in [0.05, 0.1) is 7.11 Å². The fourth-order valence-corrected chi connectivity index (χ4v) is 1.35. The molecule has 0 aromatic heterocycles. The molecular weight excluding hydrogens is 298 g/mol. The minimum atomic E-state index is -5.22. The normalized spacial score (nSPS) is 14.2. The summed E-state index contributed by atoms with van der Waals surface area (Å²) in [6.07, 6.45) is -5.22. The van der Waals surface area contributed by atoms with Gasteiger partial charge in [0.2, 0.25) is 5.54 Å². The molecule has 1 atom stereocenters. The summed E-state index contributed by atoms with van der Waals surface area (Å²) in [4.78, 5) is 22.5. The van der Waals surface area contributed by atoms with Crippen molar-refractivity contribution in [2.24, 2.45) is 0 Å². The van der Waals surface area contributed by atoms with Crippen LogP contribution in [0.25, 0.3) is 0 Å². The molecule has 0 bridgehead atoms. The Morgan fingerprint density at radius 1 is 1.29 bits per heavy atom. The maximum absolute atomic E-state index is 13.4. The van der Waals surface area contributed by atoms with E-state index >= 15 is 0 Å². The van der Waals surface area contributed by atoms with Crippen molar-refractivity contribution in [3.63, 3.8) is 0 Å². The molecule has 0 radical (unpaired) electrons. The van der Waals surface area contributed by atoms with E-state index in [1.54, 1.807) is 0 Å². The molecular formula is C12H11F4NO4. The first kappa shape index (κ1) is 16.7. The number of nitrogens with one attached hydrogen (secondary N) is 1. The summed E-state index contributed by atoms with van der Waals surface area (Å²) in [5.41, 5.74) is -3.95. The molecule has 1 aromatic rings. The Morgan fingerprint density at radius 3 is 2.24 bits per heavy atom. The molecule has 2 N–H and O–H groups in total. The Morgan fingerprint density at radius 2 is 1.86 bits per heavy atom. The Balaban J connectivity index is 3.09. The van der Waals surface area contributed by atoms with Crippen LogP contribution < -0.4 is 10.1 Å².